The molecule has 0 aliphatic carbocycles. The molecular formula is C14H23N3O2S2. The minimum Gasteiger partial charge on any atom is -0.362 e. The number of rotatable bonds is 5. The fourth-order valence-electron chi connectivity index (χ4n) is 1.72. The lowest BCUT2D eigenvalue weighted by atomic mass is 10.1. The van der Waals surface area contributed by atoms with Crippen molar-refractivity contribution in [3.05, 3.63) is 23.3 Å². The van der Waals surface area contributed by atoms with Crippen LogP contribution in [0.4, 0.5) is 5.69 Å². The van der Waals surface area contributed by atoms with Crippen LogP contribution in [0.5, 0.6) is 0 Å². The molecule has 0 heterocycles. The van der Waals surface area contributed by atoms with Crippen LogP contribution in [0.1, 0.15) is 24.5 Å². The van der Waals surface area contributed by atoms with E-state index >= 15 is 0 Å². The molecule has 7 heteroatoms. The molecule has 0 spiro atoms. The first-order valence-electron chi connectivity index (χ1n) is 6.78. The molecule has 0 aliphatic rings. The van der Waals surface area contributed by atoms with Crippen LogP contribution in [0.25, 0.3) is 0 Å². The molecule has 1 aromatic carbocycles. The van der Waals surface area contributed by atoms with Crippen molar-refractivity contribution in [2.75, 3.05) is 26.0 Å². The van der Waals surface area contributed by atoms with Gasteiger partial charge in [-0.05, 0) is 55.7 Å². The summed E-state index contributed by atoms with van der Waals surface area (Å²) in [7, 11) is -0.424. The number of anilines is 1. The van der Waals surface area contributed by atoms with Crippen molar-refractivity contribution in [1.29, 1.82) is 0 Å². The van der Waals surface area contributed by atoms with E-state index in [0.29, 0.717) is 10.8 Å². The molecule has 0 atom stereocenters. The molecule has 5 nitrogen and oxygen atoms in total. The number of aryl methyl sites for hydroxylation is 1. The third kappa shape index (κ3) is 4.39. The number of hydrogen-bond acceptors (Lipinski definition) is 3. The van der Waals surface area contributed by atoms with Crippen molar-refractivity contribution in [1.82, 2.24) is 9.62 Å². The summed E-state index contributed by atoms with van der Waals surface area (Å²) in [6, 6.07) is 3.30. The minimum atomic E-state index is -3.46. The molecule has 1 rings (SSSR count). The Morgan fingerprint density at radius 3 is 2.43 bits per heavy atom. The molecule has 0 saturated carbocycles. The standard InChI is InChI=1S/C14H23N3O2S2/c1-6-7-15-14(20)16-13-9-12(8-10(2)11(13)3)21(18,19)17(4)5/h8-9H,6-7H2,1-5H3,(H2,15,16,20). The minimum absolute atomic E-state index is 0.261. The van der Waals surface area contributed by atoms with Gasteiger partial charge in [-0.1, -0.05) is 6.92 Å². The first-order valence-corrected chi connectivity index (χ1v) is 8.63. The highest BCUT2D eigenvalue weighted by molar-refractivity contribution is 7.89. The average molecular weight is 329 g/mol. The van der Waals surface area contributed by atoms with Crippen LogP contribution in [0, 0.1) is 13.8 Å². The maximum Gasteiger partial charge on any atom is 0.242 e. The van der Waals surface area contributed by atoms with Crippen molar-refractivity contribution in [3.63, 3.8) is 0 Å². The SMILES string of the molecule is CCCNC(=S)Nc1cc(S(=O)(=O)N(C)C)cc(C)c1C. The number of benzene rings is 1. The van der Waals surface area contributed by atoms with Crippen molar-refractivity contribution in [2.45, 2.75) is 32.1 Å². The third-order valence-corrected chi connectivity index (χ3v) is 5.24. The quantitative estimate of drug-likeness (QED) is 0.811. The van der Waals surface area contributed by atoms with Crippen molar-refractivity contribution < 1.29 is 8.42 Å². The fraction of sp³-hybridized carbons (Fsp3) is 0.500. The highest BCUT2D eigenvalue weighted by Gasteiger charge is 2.19. The van der Waals surface area contributed by atoms with Gasteiger partial charge in [0, 0.05) is 26.3 Å². The van der Waals surface area contributed by atoms with E-state index in [2.05, 4.69) is 17.6 Å². The van der Waals surface area contributed by atoms with Crippen LogP contribution in [0.3, 0.4) is 0 Å². The Labute approximate surface area is 132 Å². The van der Waals surface area contributed by atoms with Gasteiger partial charge in [0.05, 0.1) is 4.90 Å². The summed E-state index contributed by atoms with van der Waals surface area (Å²) < 4.78 is 25.7. The van der Waals surface area contributed by atoms with Crippen LogP contribution in [0.15, 0.2) is 17.0 Å². The summed E-state index contributed by atoms with van der Waals surface area (Å²) in [6.07, 6.45) is 0.967. The largest absolute Gasteiger partial charge is 0.362 e. The van der Waals surface area contributed by atoms with E-state index < -0.39 is 10.0 Å². The van der Waals surface area contributed by atoms with Crippen LogP contribution in [-0.2, 0) is 10.0 Å². The molecular weight excluding hydrogens is 306 g/mol. The van der Waals surface area contributed by atoms with E-state index in [1.807, 2.05) is 13.8 Å². The first kappa shape index (κ1) is 17.9. The van der Waals surface area contributed by atoms with E-state index in [4.69, 9.17) is 12.2 Å². The monoisotopic (exact) mass is 329 g/mol. The molecule has 2 N–H and O–H groups in total. The summed E-state index contributed by atoms with van der Waals surface area (Å²) in [5.74, 6) is 0. The number of thiocarbonyl (C=S) groups is 1. The second-order valence-electron chi connectivity index (χ2n) is 5.08. The third-order valence-electron chi connectivity index (χ3n) is 3.20. The highest BCUT2D eigenvalue weighted by atomic mass is 32.2. The zero-order valence-corrected chi connectivity index (χ0v) is 14.8. The molecule has 0 aromatic heterocycles. The lowest BCUT2D eigenvalue weighted by Gasteiger charge is -2.17. The fourth-order valence-corrected chi connectivity index (χ4v) is 2.95. The smallest absolute Gasteiger partial charge is 0.242 e. The summed E-state index contributed by atoms with van der Waals surface area (Å²) in [5.41, 5.74) is 2.59. The lowest BCUT2D eigenvalue weighted by Crippen LogP contribution is -2.29. The zero-order valence-electron chi connectivity index (χ0n) is 13.1. The van der Waals surface area contributed by atoms with Gasteiger partial charge in [0.15, 0.2) is 5.11 Å². The van der Waals surface area contributed by atoms with Gasteiger partial charge in [0.2, 0.25) is 10.0 Å². The van der Waals surface area contributed by atoms with Gasteiger partial charge in [-0.25, -0.2) is 12.7 Å². The second kappa shape index (κ2) is 7.20. The molecule has 0 amide bonds. The van der Waals surface area contributed by atoms with Crippen LogP contribution >= 0.6 is 12.2 Å². The summed E-state index contributed by atoms with van der Waals surface area (Å²) in [5, 5.41) is 6.64. The van der Waals surface area contributed by atoms with Gasteiger partial charge in [-0.3, -0.25) is 0 Å². The average Bonchev–Trinajstić information content (AvgIpc) is 2.40. The molecule has 0 fully saturated rings. The Hall–Kier alpha value is -1.18. The van der Waals surface area contributed by atoms with E-state index in [-0.39, 0.29) is 4.90 Å². The maximum absolute atomic E-state index is 12.3. The van der Waals surface area contributed by atoms with E-state index in [1.165, 1.54) is 18.4 Å². The lowest BCUT2D eigenvalue weighted by molar-refractivity contribution is 0.520. The number of hydrogen-bond donors (Lipinski definition) is 2. The Kier molecular flexibility index (Phi) is 6.12. The summed E-state index contributed by atoms with van der Waals surface area (Å²) >= 11 is 5.21. The van der Waals surface area contributed by atoms with Gasteiger partial charge < -0.3 is 10.6 Å². The zero-order chi connectivity index (χ0) is 16.2. The Morgan fingerprint density at radius 1 is 1.29 bits per heavy atom. The molecule has 0 aliphatic heterocycles. The van der Waals surface area contributed by atoms with E-state index in [9.17, 15) is 8.42 Å². The highest BCUT2D eigenvalue weighted by Crippen LogP contribution is 2.25. The predicted octanol–water partition coefficient (Wildman–Crippen LogP) is 2.25. The Bertz CT molecular complexity index is 625. The van der Waals surface area contributed by atoms with Crippen molar-refractivity contribution >= 4 is 33.0 Å². The molecule has 1 aromatic rings. The molecule has 0 unspecified atom stereocenters. The summed E-state index contributed by atoms with van der Waals surface area (Å²) in [4.78, 5) is 0.261. The topological polar surface area (TPSA) is 61.4 Å². The predicted molar refractivity (Wildman–Crippen MR) is 91.3 cm³/mol. The van der Waals surface area contributed by atoms with Gasteiger partial charge in [-0.15, -0.1) is 0 Å². The van der Waals surface area contributed by atoms with Crippen LogP contribution in [-0.4, -0.2) is 38.5 Å². The number of sulfonamides is 1. The van der Waals surface area contributed by atoms with Gasteiger partial charge >= 0.3 is 0 Å². The molecule has 0 radical (unpaired) electrons. The van der Waals surface area contributed by atoms with Gasteiger partial charge in [0.1, 0.15) is 0 Å². The maximum atomic E-state index is 12.3. The Morgan fingerprint density at radius 2 is 1.90 bits per heavy atom. The Balaban J connectivity index is 3.16. The van der Waals surface area contributed by atoms with E-state index in [0.717, 1.165) is 24.1 Å². The van der Waals surface area contributed by atoms with Crippen molar-refractivity contribution in [2.24, 2.45) is 0 Å². The second-order valence-corrected chi connectivity index (χ2v) is 7.64. The van der Waals surface area contributed by atoms with Crippen LogP contribution < -0.4 is 10.6 Å². The van der Waals surface area contributed by atoms with Crippen molar-refractivity contribution in [3.8, 4) is 0 Å². The number of nitrogens with zero attached hydrogens (tertiary/aromatic N) is 1. The number of nitrogens with one attached hydrogen (secondary N) is 2. The molecule has 118 valence electrons. The van der Waals surface area contributed by atoms with Gasteiger partial charge in [0.25, 0.3) is 0 Å². The van der Waals surface area contributed by atoms with E-state index in [1.54, 1.807) is 12.1 Å². The molecule has 0 saturated heterocycles. The normalized spacial score (nSPS) is 11.5. The first-order chi connectivity index (χ1) is 9.70. The van der Waals surface area contributed by atoms with Crippen LogP contribution in [0.2, 0.25) is 0 Å². The molecule has 21 heavy (non-hydrogen) atoms. The molecule has 0 bridgehead atoms. The van der Waals surface area contributed by atoms with Gasteiger partial charge in [-0.2, -0.15) is 0 Å². The summed E-state index contributed by atoms with van der Waals surface area (Å²) in [6.45, 7) is 6.65.